The number of hydrogen-bond acceptors (Lipinski definition) is 2. The molecule has 3 rings (SSSR count). The molecule has 0 aromatic heterocycles. The molecule has 0 atom stereocenters. The molecule has 0 heterocycles. The fourth-order valence-electron chi connectivity index (χ4n) is 2.40. The van der Waals surface area contributed by atoms with E-state index in [1.54, 1.807) is 0 Å². The Morgan fingerprint density at radius 1 is 0.625 bits per heavy atom. The standard InChI is InChI=1S/C22H15NO/c23-15-19-5-3-17(4-6-19)1-2-18-7-11-21(12-8-18)22-13-9-20(16-24)10-14-22/h1-14,16H/b2-1+. The van der Waals surface area contributed by atoms with E-state index in [9.17, 15) is 4.79 Å². The van der Waals surface area contributed by atoms with Crippen LogP contribution in [0, 0.1) is 11.3 Å². The Morgan fingerprint density at radius 2 is 1.04 bits per heavy atom. The summed E-state index contributed by atoms with van der Waals surface area (Å²) in [7, 11) is 0. The van der Waals surface area contributed by atoms with Crippen LogP contribution in [-0.2, 0) is 0 Å². The van der Waals surface area contributed by atoms with Gasteiger partial charge < -0.3 is 0 Å². The predicted octanol–water partition coefficient (Wildman–Crippen LogP) is 5.21. The Kier molecular flexibility index (Phi) is 4.65. The van der Waals surface area contributed by atoms with Crippen LogP contribution in [0.15, 0.2) is 72.8 Å². The van der Waals surface area contributed by atoms with Crippen molar-refractivity contribution in [3.63, 3.8) is 0 Å². The minimum absolute atomic E-state index is 0.664. The largest absolute Gasteiger partial charge is 0.298 e. The molecule has 0 bridgehead atoms. The summed E-state index contributed by atoms with van der Waals surface area (Å²) in [6.07, 6.45) is 4.91. The molecular formula is C22H15NO. The smallest absolute Gasteiger partial charge is 0.150 e. The van der Waals surface area contributed by atoms with Crippen LogP contribution in [-0.4, -0.2) is 6.29 Å². The highest BCUT2D eigenvalue weighted by Crippen LogP contribution is 2.21. The van der Waals surface area contributed by atoms with Gasteiger partial charge in [0, 0.05) is 5.56 Å². The summed E-state index contributed by atoms with van der Waals surface area (Å²) >= 11 is 0. The molecule has 3 aromatic carbocycles. The number of aldehydes is 1. The number of nitrogens with zero attached hydrogens (tertiary/aromatic N) is 1. The second kappa shape index (κ2) is 7.21. The number of carbonyl (C=O) groups is 1. The average molecular weight is 309 g/mol. The van der Waals surface area contributed by atoms with Crippen molar-refractivity contribution in [1.29, 1.82) is 5.26 Å². The molecule has 2 heteroatoms. The van der Waals surface area contributed by atoms with E-state index in [2.05, 4.69) is 30.3 Å². The lowest BCUT2D eigenvalue weighted by Gasteiger charge is -2.03. The Hall–Kier alpha value is -3.44. The van der Waals surface area contributed by atoms with Crippen LogP contribution in [0.5, 0.6) is 0 Å². The Labute approximate surface area is 141 Å². The third-order valence-electron chi connectivity index (χ3n) is 3.80. The maximum Gasteiger partial charge on any atom is 0.150 e. The number of carbonyl (C=O) groups excluding carboxylic acids is 1. The van der Waals surface area contributed by atoms with Gasteiger partial charge in [0.15, 0.2) is 0 Å². The molecule has 0 aliphatic rings. The monoisotopic (exact) mass is 309 g/mol. The minimum Gasteiger partial charge on any atom is -0.298 e. The summed E-state index contributed by atoms with van der Waals surface area (Å²) in [5, 5.41) is 8.80. The summed E-state index contributed by atoms with van der Waals surface area (Å²) in [6, 6.07) is 25.4. The van der Waals surface area contributed by atoms with Gasteiger partial charge in [0.25, 0.3) is 0 Å². The van der Waals surface area contributed by atoms with Crippen molar-refractivity contribution in [2.45, 2.75) is 0 Å². The van der Waals surface area contributed by atoms with E-state index >= 15 is 0 Å². The molecule has 0 fully saturated rings. The molecule has 0 radical (unpaired) electrons. The number of nitriles is 1. The predicted molar refractivity (Wildman–Crippen MR) is 97.4 cm³/mol. The van der Waals surface area contributed by atoms with Gasteiger partial charge in [-0.15, -0.1) is 0 Å². The number of benzene rings is 3. The van der Waals surface area contributed by atoms with E-state index in [4.69, 9.17) is 5.26 Å². The van der Waals surface area contributed by atoms with Crippen LogP contribution in [0.25, 0.3) is 23.3 Å². The molecule has 24 heavy (non-hydrogen) atoms. The lowest BCUT2D eigenvalue weighted by Crippen LogP contribution is -1.82. The highest BCUT2D eigenvalue weighted by Gasteiger charge is 1.98. The van der Waals surface area contributed by atoms with Crippen LogP contribution in [0.3, 0.4) is 0 Å². The fourth-order valence-corrected chi connectivity index (χ4v) is 2.40. The molecule has 0 N–H and O–H groups in total. The zero-order valence-electron chi connectivity index (χ0n) is 13.0. The molecule has 2 nitrogen and oxygen atoms in total. The van der Waals surface area contributed by atoms with Gasteiger partial charge in [0.05, 0.1) is 11.6 Å². The third kappa shape index (κ3) is 3.66. The Morgan fingerprint density at radius 3 is 1.46 bits per heavy atom. The molecule has 114 valence electrons. The van der Waals surface area contributed by atoms with Crippen LogP contribution >= 0.6 is 0 Å². The molecule has 0 spiro atoms. The van der Waals surface area contributed by atoms with Gasteiger partial charge in [0.2, 0.25) is 0 Å². The van der Waals surface area contributed by atoms with E-state index in [-0.39, 0.29) is 0 Å². The van der Waals surface area contributed by atoms with Crippen molar-refractivity contribution in [3.05, 3.63) is 95.1 Å². The van der Waals surface area contributed by atoms with E-state index < -0.39 is 0 Å². The van der Waals surface area contributed by atoms with Gasteiger partial charge in [-0.1, -0.05) is 72.8 Å². The average Bonchev–Trinajstić information content (AvgIpc) is 2.67. The molecule has 0 amide bonds. The molecule has 0 saturated heterocycles. The third-order valence-corrected chi connectivity index (χ3v) is 3.80. The first-order valence-electron chi connectivity index (χ1n) is 7.62. The van der Waals surface area contributed by atoms with Gasteiger partial charge >= 0.3 is 0 Å². The number of hydrogen-bond donors (Lipinski definition) is 0. The van der Waals surface area contributed by atoms with Gasteiger partial charge in [-0.05, 0) is 34.4 Å². The van der Waals surface area contributed by atoms with Gasteiger partial charge in [0.1, 0.15) is 6.29 Å². The highest BCUT2D eigenvalue weighted by molar-refractivity contribution is 5.77. The van der Waals surface area contributed by atoms with Gasteiger partial charge in [-0.3, -0.25) is 4.79 Å². The first kappa shape index (κ1) is 15.5. The van der Waals surface area contributed by atoms with Crippen molar-refractivity contribution < 1.29 is 4.79 Å². The van der Waals surface area contributed by atoms with E-state index in [0.29, 0.717) is 11.1 Å². The normalized spacial score (nSPS) is 10.5. The summed E-state index contributed by atoms with van der Waals surface area (Å²) in [5.41, 5.74) is 5.71. The summed E-state index contributed by atoms with van der Waals surface area (Å²) in [5.74, 6) is 0. The minimum atomic E-state index is 0.664. The first-order chi connectivity index (χ1) is 11.8. The van der Waals surface area contributed by atoms with Gasteiger partial charge in [-0.2, -0.15) is 5.26 Å². The lowest BCUT2D eigenvalue weighted by atomic mass is 10.0. The van der Waals surface area contributed by atoms with E-state index in [1.807, 2.05) is 60.7 Å². The van der Waals surface area contributed by atoms with Crippen molar-refractivity contribution >= 4 is 18.4 Å². The maximum atomic E-state index is 10.7. The van der Waals surface area contributed by atoms with Crippen LogP contribution in [0.2, 0.25) is 0 Å². The molecule has 0 aliphatic heterocycles. The van der Waals surface area contributed by atoms with Crippen molar-refractivity contribution in [2.24, 2.45) is 0 Å². The van der Waals surface area contributed by atoms with Crippen molar-refractivity contribution in [2.75, 3.05) is 0 Å². The summed E-state index contributed by atoms with van der Waals surface area (Å²) < 4.78 is 0. The fraction of sp³-hybridized carbons (Fsp3) is 0. The van der Waals surface area contributed by atoms with Crippen molar-refractivity contribution in [1.82, 2.24) is 0 Å². The number of rotatable bonds is 4. The molecule has 3 aromatic rings. The summed E-state index contributed by atoms with van der Waals surface area (Å²) in [4.78, 5) is 10.7. The zero-order valence-corrected chi connectivity index (χ0v) is 13.0. The van der Waals surface area contributed by atoms with Crippen LogP contribution in [0.4, 0.5) is 0 Å². The summed E-state index contributed by atoms with van der Waals surface area (Å²) in [6.45, 7) is 0. The quantitative estimate of drug-likeness (QED) is 0.490. The zero-order chi connectivity index (χ0) is 16.8. The van der Waals surface area contributed by atoms with Crippen LogP contribution in [0.1, 0.15) is 27.0 Å². The van der Waals surface area contributed by atoms with E-state index in [0.717, 1.165) is 28.5 Å². The Balaban J connectivity index is 1.74. The van der Waals surface area contributed by atoms with E-state index in [1.165, 1.54) is 0 Å². The first-order valence-corrected chi connectivity index (χ1v) is 7.62. The molecule has 0 aliphatic carbocycles. The molecular weight excluding hydrogens is 294 g/mol. The lowest BCUT2D eigenvalue weighted by molar-refractivity contribution is 0.112. The topological polar surface area (TPSA) is 40.9 Å². The second-order valence-corrected chi connectivity index (χ2v) is 5.43. The highest BCUT2D eigenvalue weighted by atomic mass is 16.1. The van der Waals surface area contributed by atoms with Crippen molar-refractivity contribution in [3.8, 4) is 17.2 Å². The molecule has 0 saturated carbocycles. The van der Waals surface area contributed by atoms with Gasteiger partial charge in [-0.25, -0.2) is 0 Å². The van der Waals surface area contributed by atoms with Crippen LogP contribution < -0.4 is 0 Å². The maximum absolute atomic E-state index is 10.7. The second-order valence-electron chi connectivity index (χ2n) is 5.43. The SMILES string of the molecule is N#Cc1ccc(/C=C/c2ccc(-c3ccc(C=O)cc3)cc2)cc1. The Bertz CT molecular complexity index is 896. The molecule has 0 unspecified atom stereocenters.